The van der Waals surface area contributed by atoms with Gasteiger partial charge in [-0.25, -0.2) is 0 Å². The number of halogens is 2. The largest absolute Gasteiger partial charge is 0.389 e. The Bertz CT molecular complexity index is 156. The highest BCUT2D eigenvalue weighted by Gasteiger charge is 2.37. The summed E-state index contributed by atoms with van der Waals surface area (Å²) < 4.78 is 6.77. The van der Waals surface area contributed by atoms with E-state index in [0.29, 0.717) is 0 Å². The monoisotopic (exact) mass is 274 g/mol. The summed E-state index contributed by atoms with van der Waals surface area (Å²) in [5.41, 5.74) is 0. The molecule has 0 spiro atoms. The summed E-state index contributed by atoms with van der Waals surface area (Å²) in [5, 5.41) is 0. The summed E-state index contributed by atoms with van der Waals surface area (Å²) in [6.45, 7) is 13.2. The molecule has 0 saturated heterocycles. The lowest BCUT2D eigenvalue weighted by Gasteiger charge is -2.32. The van der Waals surface area contributed by atoms with E-state index in [0.717, 1.165) is 0 Å². The Kier molecular flexibility index (Phi) is 4.72. The Morgan fingerprint density at radius 1 is 0.692 bits per heavy atom. The molecule has 0 aromatic rings. The first-order valence-electron chi connectivity index (χ1n) is 4.38. The zero-order valence-electron chi connectivity index (χ0n) is 9.26. The van der Waals surface area contributed by atoms with Crippen LogP contribution in [-0.2, 0) is 0 Å². The van der Waals surface area contributed by atoms with Gasteiger partial charge in [0.15, 0.2) is 0 Å². The second kappa shape index (κ2) is 4.34. The predicted octanol–water partition coefficient (Wildman–Crippen LogP) is 2.75. The minimum absolute atomic E-state index is 1.38. The molecule has 0 aromatic carbocycles. The molecule has 2 nitrogen and oxygen atoms in total. The molecule has 0 aliphatic heterocycles. The van der Waals surface area contributed by atoms with Gasteiger partial charge in [-0.2, -0.15) is 0 Å². The molecule has 13 heavy (non-hydrogen) atoms. The maximum atomic E-state index is 6.26. The van der Waals surface area contributed by atoms with Gasteiger partial charge in [-0.3, -0.25) is 0 Å². The minimum Gasteiger partial charge on any atom is -0.323 e. The Morgan fingerprint density at radius 3 is 1.08 bits per heavy atom. The first-order valence-corrected chi connectivity index (χ1v) is 15.4. The van der Waals surface area contributed by atoms with Crippen LogP contribution in [0.4, 0.5) is 0 Å². The van der Waals surface area contributed by atoms with Crippen LogP contribution >= 0.6 is 22.2 Å². The van der Waals surface area contributed by atoms with Gasteiger partial charge >= 0.3 is 7.02 Å². The van der Waals surface area contributed by atoms with Gasteiger partial charge in [0, 0.05) is 0 Å². The van der Waals surface area contributed by atoms with E-state index in [1.807, 2.05) is 0 Å². The maximum Gasteiger partial charge on any atom is 0.389 e. The molecule has 0 radical (unpaired) electrons. The van der Waals surface area contributed by atoms with E-state index in [-0.39, 0.29) is 0 Å². The van der Waals surface area contributed by atoms with Crippen molar-refractivity contribution in [1.82, 2.24) is 9.30 Å². The van der Waals surface area contributed by atoms with Crippen LogP contribution in [0.15, 0.2) is 0 Å². The molecule has 0 aliphatic rings. The lowest BCUT2D eigenvalue weighted by atomic mass is 11.8. The molecule has 0 bridgehead atoms. The molecule has 0 atom stereocenters. The first-order chi connectivity index (χ1) is 5.41. The van der Waals surface area contributed by atoms with Crippen molar-refractivity contribution in [2.45, 2.75) is 39.3 Å². The topological polar surface area (TPSA) is 24.1 Å². The van der Waals surface area contributed by atoms with Crippen molar-refractivity contribution in [2.24, 2.45) is 0 Å². The van der Waals surface area contributed by atoms with Gasteiger partial charge in [0.05, 0.1) is 0 Å². The first kappa shape index (κ1) is 14.2. The molecule has 0 amide bonds. The van der Waals surface area contributed by atoms with E-state index in [2.05, 4.69) is 48.6 Å². The van der Waals surface area contributed by atoms with Crippen molar-refractivity contribution < 1.29 is 0 Å². The molecule has 0 rings (SSSR count). The van der Waals surface area contributed by atoms with Crippen LogP contribution in [0.5, 0.6) is 0 Å². The van der Waals surface area contributed by atoms with E-state index in [1.165, 1.54) is 0 Å². The summed E-state index contributed by atoms with van der Waals surface area (Å²) in [7, 11) is -5.18. The lowest BCUT2D eigenvalue weighted by molar-refractivity contribution is 1.27. The van der Waals surface area contributed by atoms with Crippen molar-refractivity contribution >= 4 is 45.6 Å². The predicted molar refractivity (Wildman–Crippen MR) is 70.4 cm³/mol. The standard InChI is InChI=1S/C6H20Cl2N2Si3/c1-11(2,3)9-13(7,8)10-12(4,5)6/h9-10H,1-6H3. The van der Waals surface area contributed by atoms with Crippen LogP contribution in [0.1, 0.15) is 0 Å². The van der Waals surface area contributed by atoms with Crippen molar-refractivity contribution in [3.8, 4) is 0 Å². The third kappa shape index (κ3) is 9.45. The van der Waals surface area contributed by atoms with E-state index >= 15 is 0 Å². The molecule has 2 N–H and O–H groups in total. The molecule has 0 fully saturated rings. The fraction of sp³-hybridized carbons (Fsp3) is 1.00. The van der Waals surface area contributed by atoms with E-state index in [9.17, 15) is 0 Å². The van der Waals surface area contributed by atoms with E-state index < -0.39 is 23.5 Å². The normalized spacial score (nSPS) is 14.8. The van der Waals surface area contributed by atoms with Crippen LogP contribution in [0.25, 0.3) is 0 Å². The fourth-order valence-electron chi connectivity index (χ4n) is 0.973. The summed E-state index contributed by atoms with van der Waals surface area (Å²) in [6.07, 6.45) is 0. The number of hydrogen-bond acceptors (Lipinski definition) is 2. The molecule has 0 aliphatic carbocycles. The summed E-state index contributed by atoms with van der Waals surface area (Å²) in [5.74, 6) is 0. The van der Waals surface area contributed by atoms with Crippen LogP contribution < -0.4 is 9.30 Å². The third-order valence-electron chi connectivity index (χ3n) is 1.06. The Morgan fingerprint density at radius 2 is 0.923 bits per heavy atom. The molecule has 7 heteroatoms. The Balaban J connectivity index is 4.25. The Hall–Kier alpha value is 1.15. The fourth-order valence-corrected chi connectivity index (χ4v) is 19.5. The molecule has 0 unspecified atom stereocenters. The van der Waals surface area contributed by atoms with Crippen molar-refractivity contribution in [2.75, 3.05) is 0 Å². The summed E-state index contributed by atoms with van der Waals surface area (Å²) in [4.78, 5) is 0. The van der Waals surface area contributed by atoms with E-state index in [4.69, 9.17) is 22.2 Å². The average Bonchev–Trinajstić information content (AvgIpc) is 1.43. The number of rotatable bonds is 4. The van der Waals surface area contributed by atoms with Gasteiger partial charge in [0.1, 0.15) is 16.5 Å². The highest BCUT2D eigenvalue weighted by molar-refractivity contribution is 7.46. The quantitative estimate of drug-likeness (QED) is 0.609. The smallest absolute Gasteiger partial charge is 0.323 e. The van der Waals surface area contributed by atoms with Crippen LogP contribution in [0.2, 0.25) is 39.3 Å². The van der Waals surface area contributed by atoms with Gasteiger partial charge in [-0.05, 0) is 0 Å². The molecule has 0 aromatic heterocycles. The van der Waals surface area contributed by atoms with Gasteiger partial charge in [0.25, 0.3) is 0 Å². The molecule has 0 heterocycles. The molecular weight excluding hydrogens is 255 g/mol. The molecular formula is C6H20Cl2N2Si3. The minimum atomic E-state index is -2.41. The van der Waals surface area contributed by atoms with Crippen molar-refractivity contribution in [3.63, 3.8) is 0 Å². The average molecular weight is 275 g/mol. The van der Waals surface area contributed by atoms with Crippen LogP contribution in [-0.4, -0.2) is 23.5 Å². The highest BCUT2D eigenvalue weighted by atomic mass is 35.7. The SMILES string of the molecule is C[Si](C)(C)N[Si](Cl)(Cl)N[Si](C)(C)C. The summed E-state index contributed by atoms with van der Waals surface area (Å²) in [6, 6.07) is 0. The van der Waals surface area contributed by atoms with E-state index in [1.54, 1.807) is 0 Å². The number of nitrogens with one attached hydrogen (secondary N) is 2. The second-order valence-corrected chi connectivity index (χ2v) is 21.5. The molecule has 80 valence electrons. The Labute approximate surface area is 94.1 Å². The lowest BCUT2D eigenvalue weighted by Crippen LogP contribution is -2.68. The van der Waals surface area contributed by atoms with Gasteiger partial charge in [0.2, 0.25) is 0 Å². The highest BCUT2D eigenvalue weighted by Crippen LogP contribution is 2.14. The van der Waals surface area contributed by atoms with Gasteiger partial charge in [-0.1, -0.05) is 39.3 Å². The van der Waals surface area contributed by atoms with Crippen LogP contribution in [0, 0.1) is 0 Å². The molecule has 0 saturated carbocycles. The number of hydrogen-bond donors (Lipinski definition) is 2. The van der Waals surface area contributed by atoms with Gasteiger partial charge in [-0.15, -0.1) is 22.2 Å². The second-order valence-electron chi connectivity index (χ2n) is 5.32. The zero-order chi connectivity index (χ0) is 10.9. The van der Waals surface area contributed by atoms with Crippen molar-refractivity contribution in [3.05, 3.63) is 0 Å². The van der Waals surface area contributed by atoms with Crippen molar-refractivity contribution in [1.29, 1.82) is 0 Å². The van der Waals surface area contributed by atoms with Crippen LogP contribution in [0.3, 0.4) is 0 Å². The summed E-state index contributed by atoms with van der Waals surface area (Å²) >= 11 is 12.5. The third-order valence-corrected chi connectivity index (χ3v) is 13.0. The maximum absolute atomic E-state index is 6.26. The van der Waals surface area contributed by atoms with Gasteiger partial charge < -0.3 is 9.30 Å². The zero-order valence-corrected chi connectivity index (χ0v) is 13.8.